The molecule has 18 heavy (non-hydrogen) atoms. The highest BCUT2D eigenvalue weighted by molar-refractivity contribution is 5.43. The zero-order valence-electron chi connectivity index (χ0n) is 11.0. The number of hydrogen-bond acceptors (Lipinski definition) is 4. The van der Waals surface area contributed by atoms with Crippen LogP contribution in [0.15, 0.2) is 18.3 Å². The maximum Gasteiger partial charge on any atom is 0.243 e. The predicted molar refractivity (Wildman–Crippen MR) is 71.9 cm³/mol. The Bertz CT molecular complexity index is 495. The van der Waals surface area contributed by atoms with Crippen LogP contribution in [0.1, 0.15) is 24.8 Å². The van der Waals surface area contributed by atoms with Crippen LogP contribution in [0.5, 0.6) is 0 Å². The Morgan fingerprint density at radius 1 is 1.28 bits per heavy atom. The molecule has 98 valence electrons. The number of methoxy groups -OCH3 is 1. The summed E-state index contributed by atoms with van der Waals surface area (Å²) >= 11 is 0. The van der Waals surface area contributed by atoms with E-state index in [-0.39, 0.29) is 0 Å². The van der Waals surface area contributed by atoms with E-state index in [0.29, 0.717) is 5.95 Å². The molecular formula is C13H20N4O. The minimum atomic E-state index is 0.701. The molecule has 0 aliphatic heterocycles. The highest BCUT2D eigenvalue weighted by Crippen LogP contribution is 2.07. The standard InChI is InChI=1S/C13H20N4O/c1-11-6-7-12-15-13(16-17(12)10-11)14-8-4-3-5-9-18-2/h6-7,10H,3-5,8-9H2,1-2H3,(H,14,16). The summed E-state index contributed by atoms with van der Waals surface area (Å²) in [5.41, 5.74) is 2.06. The van der Waals surface area contributed by atoms with Gasteiger partial charge >= 0.3 is 0 Å². The van der Waals surface area contributed by atoms with Crippen molar-refractivity contribution in [2.24, 2.45) is 0 Å². The maximum atomic E-state index is 5.01. The Hall–Kier alpha value is -1.62. The number of aromatic nitrogens is 3. The molecule has 0 bridgehead atoms. The molecule has 0 saturated heterocycles. The highest BCUT2D eigenvalue weighted by atomic mass is 16.5. The van der Waals surface area contributed by atoms with E-state index in [1.165, 1.54) is 5.56 Å². The van der Waals surface area contributed by atoms with Gasteiger partial charge in [0.15, 0.2) is 5.65 Å². The summed E-state index contributed by atoms with van der Waals surface area (Å²) in [6.45, 7) is 3.79. The van der Waals surface area contributed by atoms with Gasteiger partial charge in [-0.05, 0) is 37.8 Å². The summed E-state index contributed by atoms with van der Waals surface area (Å²) in [6, 6.07) is 4.02. The van der Waals surface area contributed by atoms with Crippen LogP contribution in [0.2, 0.25) is 0 Å². The van der Waals surface area contributed by atoms with Gasteiger partial charge in [-0.1, -0.05) is 6.07 Å². The molecular weight excluding hydrogens is 228 g/mol. The van der Waals surface area contributed by atoms with Crippen LogP contribution >= 0.6 is 0 Å². The van der Waals surface area contributed by atoms with Crippen molar-refractivity contribution in [2.45, 2.75) is 26.2 Å². The fraction of sp³-hybridized carbons (Fsp3) is 0.538. The minimum absolute atomic E-state index is 0.701. The molecule has 0 fully saturated rings. The third-order valence-corrected chi connectivity index (χ3v) is 2.79. The second-order valence-electron chi connectivity index (χ2n) is 4.42. The first-order chi connectivity index (χ1) is 8.79. The molecule has 2 rings (SSSR count). The van der Waals surface area contributed by atoms with Gasteiger partial charge in [0.1, 0.15) is 0 Å². The van der Waals surface area contributed by atoms with E-state index in [4.69, 9.17) is 4.74 Å². The van der Waals surface area contributed by atoms with Gasteiger partial charge in [0, 0.05) is 26.5 Å². The Balaban J connectivity index is 1.81. The Labute approximate surface area is 107 Å². The number of nitrogens with zero attached hydrogens (tertiary/aromatic N) is 3. The van der Waals surface area contributed by atoms with Crippen LogP contribution in [0.3, 0.4) is 0 Å². The number of anilines is 1. The van der Waals surface area contributed by atoms with E-state index in [9.17, 15) is 0 Å². The molecule has 1 N–H and O–H groups in total. The summed E-state index contributed by atoms with van der Waals surface area (Å²) in [5, 5.41) is 7.62. The molecule has 2 aromatic rings. The van der Waals surface area contributed by atoms with Crippen molar-refractivity contribution in [3.8, 4) is 0 Å². The SMILES string of the molecule is COCCCCCNc1nc2ccc(C)cn2n1. The largest absolute Gasteiger partial charge is 0.385 e. The molecule has 0 spiro atoms. The number of aryl methyl sites for hydroxylation is 1. The molecule has 0 saturated carbocycles. The molecule has 0 aromatic carbocycles. The minimum Gasteiger partial charge on any atom is -0.385 e. The van der Waals surface area contributed by atoms with E-state index >= 15 is 0 Å². The van der Waals surface area contributed by atoms with Crippen molar-refractivity contribution in [1.29, 1.82) is 0 Å². The molecule has 0 unspecified atom stereocenters. The third-order valence-electron chi connectivity index (χ3n) is 2.79. The number of nitrogens with one attached hydrogen (secondary N) is 1. The lowest BCUT2D eigenvalue weighted by atomic mass is 10.2. The van der Waals surface area contributed by atoms with Crippen LogP contribution < -0.4 is 5.32 Å². The average molecular weight is 248 g/mol. The number of hydrogen-bond donors (Lipinski definition) is 1. The number of unbranched alkanes of at least 4 members (excludes halogenated alkanes) is 2. The van der Waals surface area contributed by atoms with Crippen LogP contribution in [0, 0.1) is 6.92 Å². The monoisotopic (exact) mass is 248 g/mol. The van der Waals surface area contributed by atoms with Crippen LogP contribution in [0.25, 0.3) is 5.65 Å². The number of rotatable bonds is 7. The zero-order chi connectivity index (χ0) is 12.8. The van der Waals surface area contributed by atoms with E-state index < -0.39 is 0 Å². The van der Waals surface area contributed by atoms with Crippen molar-refractivity contribution in [1.82, 2.24) is 14.6 Å². The molecule has 0 aliphatic rings. The first-order valence-corrected chi connectivity index (χ1v) is 6.35. The van der Waals surface area contributed by atoms with Crippen molar-refractivity contribution in [2.75, 3.05) is 25.6 Å². The van der Waals surface area contributed by atoms with E-state index in [1.807, 2.05) is 29.8 Å². The number of ether oxygens (including phenoxy) is 1. The first kappa shape index (κ1) is 12.8. The normalized spacial score (nSPS) is 11.0. The smallest absolute Gasteiger partial charge is 0.243 e. The van der Waals surface area contributed by atoms with Crippen molar-refractivity contribution in [3.63, 3.8) is 0 Å². The average Bonchev–Trinajstić information content (AvgIpc) is 2.75. The quantitative estimate of drug-likeness (QED) is 0.764. The first-order valence-electron chi connectivity index (χ1n) is 6.35. The molecule has 0 amide bonds. The van der Waals surface area contributed by atoms with E-state index in [0.717, 1.165) is 38.1 Å². The Morgan fingerprint density at radius 2 is 2.17 bits per heavy atom. The molecule has 2 aromatic heterocycles. The summed E-state index contributed by atoms with van der Waals surface area (Å²) in [5.74, 6) is 0.701. The summed E-state index contributed by atoms with van der Waals surface area (Å²) in [6.07, 6.45) is 5.35. The van der Waals surface area contributed by atoms with Crippen LogP contribution in [-0.4, -0.2) is 34.9 Å². The van der Waals surface area contributed by atoms with Crippen LogP contribution in [-0.2, 0) is 4.74 Å². The van der Waals surface area contributed by atoms with E-state index in [1.54, 1.807) is 7.11 Å². The second-order valence-corrected chi connectivity index (χ2v) is 4.42. The molecule has 5 heteroatoms. The summed E-state index contributed by atoms with van der Waals surface area (Å²) < 4.78 is 6.82. The fourth-order valence-corrected chi connectivity index (χ4v) is 1.81. The van der Waals surface area contributed by atoms with Gasteiger partial charge in [0.2, 0.25) is 5.95 Å². The molecule has 0 aliphatic carbocycles. The molecule has 5 nitrogen and oxygen atoms in total. The van der Waals surface area contributed by atoms with Gasteiger partial charge < -0.3 is 10.1 Å². The van der Waals surface area contributed by atoms with Gasteiger partial charge in [-0.25, -0.2) is 4.52 Å². The second kappa shape index (κ2) is 6.35. The molecule has 2 heterocycles. The van der Waals surface area contributed by atoms with Crippen LogP contribution in [0.4, 0.5) is 5.95 Å². The maximum absolute atomic E-state index is 5.01. The highest BCUT2D eigenvalue weighted by Gasteiger charge is 2.02. The molecule has 0 radical (unpaired) electrons. The lowest BCUT2D eigenvalue weighted by Gasteiger charge is -2.01. The Morgan fingerprint density at radius 3 is 3.00 bits per heavy atom. The van der Waals surface area contributed by atoms with E-state index in [2.05, 4.69) is 15.4 Å². The van der Waals surface area contributed by atoms with Crippen molar-refractivity contribution in [3.05, 3.63) is 23.9 Å². The lowest BCUT2D eigenvalue weighted by molar-refractivity contribution is 0.192. The number of fused-ring (bicyclic) bond motifs is 1. The topological polar surface area (TPSA) is 51.5 Å². The van der Waals surface area contributed by atoms with Gasteiger partial charge in [0.05, 0.1) is 0 Å². The van der Waals surface area contributed by atoms with Gasteiger partial charge in [-0.15, -0.1) is 5.10 Å². The fourth-order valence-electron chi connectivity index (χ4n) is 1.81. The number of pyridine rings is 1. The zero-order valence-corrected chi connectivity index (χ0v) is 11.0. The summed E-state index contributed by atoms with van der Waals surface area (Å²) in [4.78, 5) is 4.40. The van der Waals surface area contributed by atoms with Crippen molar-refractivity contribution < 1.29 is 4.74 Å². The third kappa shape index (κ3) is 3.43. The summed E-state index contributed by atoms with van der Waals surface area (Å²) in [7, 11) is 1.74. The van der Waals surface area contributed by atoms with Gasteiger partial charge in [0.25, 0.3) is 0 Å². The van der Waals surface area contributed by atoms with Crippen molar-refractivity contribution >= 4 is 11.6 Å². The molecule has 0 atom stereocenters. The van der Waals surface area contributed by atoms with Gasteiger partial charge in [-0.2, -0.15) is 4.98 Å². The van der Waals surface area contributed by atoms with Gasteiger partial charge in [-0.3, -0.25) is 0 Å². The lowest BCUT2D eigenvalue weighted by Crippen LogP contribution is -2.03. The Kier molecular flexibility index (Phi) is 4.52. The predicted octanol–water partition coefficient (Wildman–Crippen LogP) is 2.27.